The number of rotatable bonds is 4. The van der Waals surface area contributed by atoms with Gasteiger partial charge in [0, 0.05) is 6.61 Å². The first-order valence-corrected chi connectivity index (χ1v) is 4.29. The summed E-state index contributed by atoms with van der Waals surface area (Å²) in [6, 6.07) is 0. The third-order valence-electron chi connectivity index (χ3n) is 0.616. The Morgan fingerprint density at radius 1 is 1.78 bits per heavy atom. The number of carbonyl (C=O) groups is 1. The van der Waals surface area contributed by atoms with Gasteiger partial charge < -0.3 is 8.85 Å². The summed E-state index contributed by atoms with van der Waals surface area (Å²) in [5.41, 5.74) is 0. The van der Waals surface area contributed by atoms with Crippen LogP contribution < -0.4 is 0 Å². The maximum Gasteiger partial charge on any atom is 0.369 e. The van der Waals surface area contributed by atoms with Crippen LogP contribution in [-0.2, 0) is 13.6 Å². The molecular formula is C4H9ClO3Si. The van der Waals surface area contributed by atoms with Gasteiger partial charge in [-0.05, 0) is 6.92 Å². The molecule has 0 saturated heterocycles. The van der Waals surface area contributed by atoms with Crippen molar-refractivity contribution in [3.63, 3.8) is 0 Å². The lowest BCUT2D eigenvalue weighted by atomic mass is 10.8. The van der Waals surface area contributed by atoms with Gasteiger partial charge in [0.1, 0.15) is 5.88 Å². The van der Waals surface area contributed by atoms with Crippen molar-refractivity contribution in [1.82, 2.24) is 0 Å². The molecule has 0 N–H and O–H groups in total. The number of carbonyl (C=O) groups excluding carboxylic acids is 1. The van der Waals surface area contributed by atoms with Crippen molar-refractivity contribution >= 4 is 27.6 Å². The van der Waals surface area contributed by atoms with E-state index in [2.05, 4.69) is 4.43 Å². The molecule has 3 nitrogen and oxygen atoms in total. The Labute approximate surface area is 61.3 Å². The standard InChI is InChI=1S/C4H9ClO3Si/c1-2-7-9-8-4(6)3-5/h2-3,9H2,1H3. The number of halogens is 1. The van der Waals surface area contributed by atoms with Crippen LogP contribution in [-0.4, -0.2) is 28.5 Å². The second-order valence-electron chi connectivity index (χ2n) is 1.26. The van der Waals surface area contributed by atoms with E-state index in [9.17, 15) is 4.79 Å². The summed E-state index contributed by atoms with van der Waals surface area (Å²) in [5, 5.41) is 0. The van der Waals surface area contributed by atoms with Crippen LogP contribution in [0.3, 0.4) is 0 Å². The van der Waals surface area contributed by atoms with Gasteiger partial charge in [-0.15, -0.1) is 11.6 Å². The number of hydrogen-bond acceptors (Lipinski definition) is 3. The fourth-order valence-electron chi connectivity index (χ4n) is 0.229. The van der Waals surface area contributed by atoms with Gasteiger partial charge in [-0.2, -0.15) is 0 Å². The van der Waals surface area contributed by atoms with E-state index in [1.807, 2.05) is 6.92 Å². The minimum absolute atomic E-state index is 0.0833. The Balaban J connectivity index is 2.97. The molecule has 9 heavy (non-hydrogen) atoms. The molecule has 0 amide bonds. The van der Waals surface area contributed by atoms with Crippen LogP contribution in [0, 0.1) is 0 Å². The van der Waals surface area contributed by atoms with Crippen LogP contribution in [0.2, 0.25) is 0 Å². The molecule has 0 aromatic carbocycles. The molecule has 0 aromatic heterocycles. The van der Waals surface area contributed by atoms with Crippen molar-refractivity contribution in [2.45, 2.75) is 6.92 Å². The van der Waals surface area contributed by atoms with E-state index in [1.165, 1.54) is 0 Å². The molecule has 0 aliphatic carbocycles. The zero-order valence-corrected chi connectivity index (χ0v) is 7.39. The van der Waals surface area contributed by atoms with Crippen molar-refractivity contribution in [2.24, 2.45) is 0 Å². The summed E-state index contributed by atoms with van der Waals surface area (Å²) >= 11 is 5.12. The Bertz CT molecular complexity index is 87.9. The molecule has 0 radical (unpaired) electrons. The van der Waals surface area contributed by atoms with E-state index >= 15 is 0 Å². The first-order valence-electron chi connectivity index (χ1n) is 2.60. The Morgan fingerprint density at radius 3 is 2.89 bits per heavy atom. The minimum atomic E-state index is -1.08. The van der Waals surface area contributed by atoms with Crippen molar-refractivity contribution in [2.75, 3.05) is 12.5 Å². The average molecular weight is 169 g/mol. The summed E-state index contributed by atoms with van der Waals surface area (Å²) in [6.07, 6.45) is 0. The van der Waals surface area contributed by atoms with E-state index in [-0.39, 0.29) is 5.88 Å². The van der Waals surface area contributed by atoms with Crippen molar-refractivity contribution < 1.29 is 13.6 Å². The van der Waals surface area contributed by atoms with Gasteiger partial charge in [-0.3, -0.25) is 4.79 Å². The molecule has 0 unspecified atom stereocenters. The first kappa shape index (κ1) is 8.94. The summed E-state index contributed by atoms with van der Waals surface area (Å²) in [5.74, 6) is -0.475. The molecule has 0 saturated carbocycles. The maximum absolute atomic E-state index is 10.3. The SMILES string of the molecule is CCO[SiH2]OC(=O)CCl. The zero-order valence-electron chi connectivity index (χ0n) is 5.22. The van der Waals surface area contributed by atoms with Crippen LogP contribution in [0.1, 0.15) is 6.92 Å². The van der Waals surface area contributed by atoms with Crippen LogP contribution in [0.25, 0.3) is 0 Å². The summed E-state index contributed by atoms with van der Waals surface area (Å²) in [6.45, 7) is 2.45. The quantitative estimate of drug-likeness (QED) is 0.332. The summed E-state index contributed by atoms with van der Waals surface area (Å²) in [4.78, 5) is 10.3. The Hall–Kier alpha value is -0.0631. The lowest BCUT2D eigenvalue weighted by Crippen LogP contribution is -2.12. The van der Waals surface area contributed by atoms with E-state index in [1.54, 1.807) is 0 Å². The summed E-state index contributed by atoms with van der Waals surface area (Å²) < 4.78 is 9.42. The Kier molecular flexibility index (Phi) is 6.02. The minimum Gasteiger partial charge on any atom is -0.498 e. The maximum atomic E-state index is 10.3. The Morgan fingerprint density at radius 2 is 2.44 bits per heavy atom. The molecule has 0 aromatic rings. The van der Waals surface area contributed by atoms with Gasteiger partial charge in [0.05, 0.1) is 0 Å². The highest BCUT2D eigenvalue weighted by Gasteiger charge is 1.97. The highest BCUT2D eigenvalue weighted by molar-refractivity contribution is 6.30. The van der Waals surface area contributed by atoms with Gasteiger partial charge in [-0.25, -0.2) is 0 Å². The van der Waals surface area contributed by atoms with Gasteiger partial charge in [0.15, 0.2) is 0 Å². The van der Waals surface area contributed by atoms with Crippen LogP contribution in [0.15, 0.2) is 0 Å². The van der Waals surface area contributed by atoms with E-state index in [4.69, 9.17) is 16.0 Å². The molecule has 54 valence electrons. The van der Waals surface area contributed by atoms with Crippen LogP contribution in [0.5, 0.6) is 0 Å². The predicted octanol–water partition coefficient (Wildman–Crippen LogP) is -0.196. The van der Waals surface area contributed by atoms with Gasteiger partial charge in [0.25, 0.3) is 0 Å². The van der Waals surface area contributed by atoms with E-state index < -0.39 is 16.0 Å². The summed E-state index contributed by atoms with van der Waals surface area (Å²) in [7, 11) is -1.08. The molecule has 0 bridgehead atoms. The molecule has 0 aliphatic rings. The number of alkyl halides is 1. The second kappa shape index (κ2) is 6.06. The molecule has 0 atom stereocenters. The lowest BCUT2D eigenvalue weighted by molar-refractivity contribution is -0.132. The predicted molar refractivity (Wildman–Crippen MR) is 37.0 cm³/mol. The molecular weight excluding hydrogens is 160 g/mol. The topological polar surface area (TPSA) is 35.5 Å². The molecule has 5 heteroatoms. The third kappa shape index (κ3) is 5.81. The zero-order chi connectivity index (χ0) is 7.11. The van der Waals surface area contributed by atoms with Gasteiger partial charge >= 0.3 is 16.0 Å². The lowest BCUT2D eigenvalue weighted by Gasteiger charge is -1.99. The second-order valence-corrected chi connectivity index (χ2v) is 2.46. The fourth-order valence-corrected chi connectivity index (χ4v) is 0.919. The molecule has 0 fully saturated rings. The largest absolute Gasteiger partial charge is 0.498 e. The van der Waals surface area contributed by atoms with E-state index in [0.717, 1.165) is 0 Å². The highest BCUT2D eigenvalue weighted by Crippen LogP contribution is 1.80. The normalized spacial score (nSPS) is 10.4. The molecule has 0 heterocycles. The average Bonchev–Trinajstić information content (AvgIpc) is 1.89. The van der Waals surface area contributed by atoms with Crippen molar-refractivity contribution in [1.29, 1.82) is 0 Å². The van der Waals surface area contributed by atoms with Crippen molar-refractivity contribution in [3.05, 3.63) is 0 Å². The first-order chi connectivity index (χ1) is 4.31. The van der Waals surface area contributed by atoms with Crippen LogP contribution >= 0.6 is 11.6 Å². The molecule has 0 aliphatic heterocycles. The van der Waals surface area contributed by atoms with Crippen molar-refractivity contribution in [3.8, 4) is 0 Å². The third-order valence-corrected chi connectivity index (χ3v) is 1.85. The monoisotopic (exact) mass is 168 g/mol. The van der Waals surface area contributed by atoms with E-state index in [0.29, 0.717) is 6.61 Å². The molecule has 0 rings (SSSR count). The number of hydrogen-bond donors (Lipinski definition) is 0. The smallest absolute Gasteiger partial charge is 0.369 e. The van der Waals surface area contributed by atoms with Gasteiger partial charge in [0.2, 0.25) is 0 Å². The fraction of sp³-hybridized carbons (Fsp3) is 0.750. The highest BCUT2D eigenvalue weighted by atomic mass is 35.5. The van der Waals surface area contributed by atoms with Crippen LogP contribution in [0.4, 0.5) is 0 Å². The van der Waals surface area contributed by atoms with Gasteiger partial charge in [-0.1, -0.05) is 0 Å². The molecule has 0 spiro atoms.